The standard InChI is InChI=1S/C28H34N2O5/c1-3-23(32)11-12-26(20(2)31)30-18-25-24(28(30)33)5-4-6-27(25)35-19-22-9-7-21(8-10-22)17-29-13-15-34-16-14-29/h4-10,26H,3,11-19H2,1-2H3. The molecule has 1 fully saturated rings. The molecule has 186 valence electrons. The van der Waals surface area contributed by atoms with Crippen molar-refractivity contribution in [2.45, 2.75) is 58.8 Å². The lowest BCUT2D eigenvalue weighted by Crippen LogP contribution is -2.40. The van der Waals surface area contributed by atoms with Gasteiger partial charge in [-0.2, -0.15) is 0 Å². The summed E-state index contributed by atoms with van der Waals surface area (Å²) in [6.07, 6.45) is 1.09. The van der Waals surface area contributed by atoms with E-state index in [9.17, 15) is 14.4 Å². The van der Waals surface area contributed by atoms with Crippen LogP contribution >= 0.6 is 0 Å². The second-order valence-electron chi connectivity index (χ2n) is 9.27. The van der Waals surface area contributed by atoms with Crippen LogP contribution in [-0.4, -0.2) is 59.6 Å². The molecule has 1 saturated heterocycles. The number of hydrogen-bond acceptors (Lipinski definition) is 6. The molecule has 0 aromatic heterocycles. The molecule has 7 nitrogen and oxygen atoms in total. The number of Topliss-reactive ketones (excluding diaryl/α,β-unsaturated/α-hetero) is 2. The molecule has 1 atom stereocenters. The molecule has 35 heavy (non-hydrogen) atoms. The second kappa shape index (κ2) is 11.6. The van der Waals surface area contributed by atoms with Gasteiger partial charge in [0.2, 0.25) is 0 Å². The first-order chi connectivity index (χ1) is 17.0. The first-order valence-electron chi connectivity index (χ1n) is 12.4. The average Bonchev–Trinajstić information content (AvgIpc) is 3.20. The number of benzene rings is 2. The number of amides is 1. The van der Waals surface area contributed by atoms with Crippen LogP contribution < -0.4 is 4.74 Å². The zero-order valence-corrected chi connectivity index (χ0v) is 20.6. The van der Waals surface area contributed by atoms with Gasteiger partial charge in [0.15, 0.2) is 5.78 Å². The summed E-state index contributed by atoms with van der Waals surface area (Å²) in [5, 5.41) is 0. The van der Waals surface area contributed by atoms with Gasteiger partial charge in [-0.25, -0.2) is 0 Å². The van der Waals surface area contributed by atoms with Gasteiger partial charge in [0, 0.05) is 43.6 Å². The Morgan fingerprint density at radius 3 is 2.46 bits per heavy atom. The smallest absolute Gasteiger partial charge is 0.255 e. The number of nitrogens with zero attached hydrogens (tertiary/aromatic N) is 2. The molecule has 0 saturated carbocycles. The van der Waals surface area contributed by atoms with E-state index in [0.717, 1.165) is 44.0 Å². The van der Waals surface area contributed by atoms with Gasteiger partial charge in [0.1, 0.15) is 18.1 Å². The highest BCUT2D eigenvalue weighted by Gasteiger charge is 2.36. The van der Waals surface area contributed by atoms with Crippen LogP contribution in [0.15, 0.2) is 42.5 Å². The summed E-state index contributed by atoms with van der Waals surface area (Å²) in [6.45, 7) is 8.40. The lowest BCUT2D eigenvalue weighted by Gasteiger charge is -2.26. The number of ether oxygens (including phenoxy) is 2. The molecule has 2 heterocycles. The molecule has 2 aliphatic heterocycles. The predicted molar refractivity (Wildman–Crippen MR) is 132 cm³/mol. The number of fused-ring (bicyclic) bond motifs is 1. The van der Waals surface area contributed by atoms with Crippen molar-refractivity contribution in [2.24, 2.45) is 0 Å². The molecule has 0 N–H and O–H groups in total. The highest BCUT2D eigenvalue weighted by Crippen LogP contribution is 2.33. The largest absolute Gasteiger partial charge is 0.489 e. The van der Waals surface area contributed by atoms with Gasteiger partial charge in [-0.3, -0.25) is 19.3 Å². The molecule has 1 amide bonds. The van der Waals surface area contributed by atoms with Crippen molar-refractivity contribution >= 4 is 17.5 Å². The molecule has 2 aliphatic rings. The van der Waals surface area contributed by atoms with Crippen LogP contribution in [0.4, 0.5) is 0 Å². The van der Waals surface area contributed by atoms with Crippen LogP contribution in [0.5, 0.6) is 5.75 Å². The van der Waals surface area contributed by atoms with Crippen LogP contribution in [0.2, 0.25) is 0 Å². The zero-order chi connectivity index (χ0) is 24.8. The summed E-state index contributed by atoms with van der Waals surface area (Å²) >= 11 is 0. The number of carbonyl (C=O) groups is 3. The van der Waals surface area contributed by atoms with E-state index in [0.29, 0.717) is 43.7 Å². The van der Waals surface area contributed by atoms with Gasteiger partial charge < -0.3 is 14.4 Å². The van der Waals surface area contributed by atoms with Gasteiger partial charge in [-0.1, -0.05) is 37.3 Å². The van der Waals surface area contributed by atoms with Crippen LogP contribution in [-0.2, 0) is 34.0 Å². The van der Waals surface area contributed by atoms with E-state index >= 15 is 0 Å². The zero-order valence-electron chi connectivity index (χ0n) is 20.6. The second-order valence-corrected chi connectivity index (χ2v) is 9.27. The Hall–Kier alpha value is -3.03. The van der Waals surface area contributed by atoms with Crippen molar-refractivity contribution in [1.82, 2.24) is 9.80 Å². The van der Waals surface area contributed by atoms with Crippen LogP contribution in [0.25, 0.3) is 0 Å². The summed E-state index contributed by atoms with van der Waals surface area (Å²) in [7, 11) is 0. The van der Waals surface area contributed by atoms with Crippen molar-refractivity contribution in [3.8, 4) is 5.75 Å². The number of ketones is 2. The summed E-state index contributed by atoms with van der Waals surface area (Å²) in [5.74, 6) is 0.472. The molecule has 0 spiro atoms. The van der Waals surface area contributed by atoms with E-state index in [4.69, 9.17) is 9.47 Å². The van der Waals surface area contributed by atoms with Crippen molar-refractivity contribution < 1.29 is 23.9 Å². The lowest BCUT2D eigenvalue weighted by atomic mass is 10.0. The van der Waals surface area contributed by atoms with Crippen LogP contribution in [0.1, 0.15) is 60.2 Å². The fourth-order valence-electron chi connectivity index (χ4n) is 4.69. The maximum absolute atomic E-state index is 13.1. The Morgan fingerprint density at radius 2 is 1.77 bits per heavy atom. The molecule has 0 radical (unpaired) electrons. The third-order valence-corrected chi connectivity index (χ3v) is 6.82. The molecule has 1 unspecified atom stereocenters. The highest BCUT2D eigenvalue weighted by atomic mass is 16.5. The molecule has 0 aliphatic carbocycles. The third-order valence-electron chi connectivity index (χ3n) is 6.82. The first kappa shape index (κ1) is 25.1. The van der Waals surface area contributed by atoms with Crippen molar-refractivity contribution in [3.63, 3.8) is 0 Å². The van der Waals surface area contributed by atoms with Crippen molar-refractivity contribution in [2.75, 3.05) is 26.3 Å². The topological polar surface area (TPSA) is 76.2 Å². The summed E-state index contributed by atoms with van der Waals surface area (Å²) in [6, 6.07) is 13.3. The Bertz CT molecular complexity index is 1060. The van der Waals surface area contributed by atoms with E-state index in [1.807, 2.05) is 19.1 Å². The molecule has 7 heteroatoms. The Morgan fingerprint density at radius 1 is 1.06 bits per heavy atom. The maximum Gasteiger partial charge on any atom is 0.255 e. The van der Waals surface area contributed by atoms with E-state index < -0.39 is 6.04 Å². The normalized spacial score (nSPS) is 16.7. The number of hydrogen-bond donors (Lipinski definition) is 0. The summed E-state index contributed by atoms with van der Waals surface area (Å²) in [5.41, 5.74) is 3.68. The monoisotopic (exact) mass is 478 g/mol. The average molecular weight is 479 g/mol. The van der Waals surface area contributed by atoms with Gasteiger partial charge >= 0.3 is 0 Å². The van der Waals surface area contributed by atoms with Crippen molar-refractivity contribution in [1.29, 1.82) is 0 Å². The molecule has 4 rings (SSSR count). The Kier molecular flexibility index (Phi) is 8.31. The lowest BCUT2D eigenvalue weighted by molar-refractivity contribution is -0.122. The van der Waals surface area contributed by atoms with Gasteiger partial charge in [-0.05, 0) is 36.6 Å². The molecule has 0 bridgehead atoms. The Labute approximate surface area is 207 Å². The first-order valence-corrected chi connectivity index (χ1v) is 12.4. The molecular weight excluding hydrogens is 444 g/mol. The minimum absolute atomic E-state index is 0.0976. The predicted octanol–water partition coefficient (Wildman–Crippen LogP) is 3.77. The minimum Gasteiger partial charge on any atom is -0.489 e. The minimum atomic E-state index is -0.600. The van der Waals surface area contributed by atoms with Crippen LogP contribution in [0.3, 0.4) is 0 Å². The fourth-order valence-corrected chi connectivity index (χ4v) is 4.69. The quantitative estimate of drug-likeness (QED) is 0.489. The Balaban J connectivity index is 1.39. The van der Waals surface area contributed by atoms with Gasteiger partial charge in [0.05, 0.1) is 25.8 Å². The number of rotatable bonds is 11. The van der Waals surface area contributed by atoms with Crippen molar-refractivity contribution in [3.05, 3.63) is 64.7 Å². The van der Waals surface area contributed by atoms with Crippen LogP contribution in [0, 0.1) is 0 Å². The number of morpholine rings is 1. The highest BCUT2D eigenvalue weighted by molar-refractivity contribution is 6.01. The fraction of sp³-hybridized carbons (Fsp3) is 0.464. The maximum atomic E-state index is 13.1. The summed E-state index contributed by atoms with van der Waals surface area (Å²) in [4.78, 5) is 41.2. The summed E-state index contributed by atoms with van der Waals surface area (Å²) < 4.78 is 11.5. The van der Waals surface area contributed by atoms with Gasteiger partial charge in [0.25, 0.3) is 5.91 Å². The molecule has 2 aromatic carbocycles. The van der Waals surface area contributed by atoms with E-state index in [1.54, 1.807) is 11.0 Å². The van der Waals surface area contributed by atoms with Gasteiger partial charge in [-0.15, -0.1) is 0 Å². The number of carbonyl (C=O) groups excluding carboxylic acids is 3. The molecule has 2 aromatic rings. The van der Waals surface area contributed by atoms with E-state index in [1.165, 1.54) is 12.5 Å². The van der Waals surface area contributed by atoms with E-state index in [-0.39, 0.29) is 17.5 Å². The molecular formula is C28H34N2O5. The SMILES string of the molecule is CCC(=O)CCC(C(C)=O)N1Cc2c(OCc3ccc(CN4CCOCC4)cc3)cccc2C1=O. The third kappa shape index (κ3) is 6.16. The van der Waals surface area contributed by atoms with E-state index in [2.05, 4.69) is 29.2 Å².